The number of thioether (sulfide) groups is 1. The van der Waals surface area contributed by atoms with E-state index in [1.54, 1.807) is 12.3 Å². The molecule has 0 bridgehead atoms. The van der Waals surface area contributed by atoms with E-state index in [2.05, 4.69) is 16.2 Å². The molecule has 7 heteroatoms. The third kappa shape index (κ3) is 3.57. The first-order valence-electron chi connectivity index (χ1n) is 7.93. The number of halogens is 1. The van der Waals surface area contributed by atoms with E-state index in [9.17, 15) is 9.18 Å². The SMILES string of the molecule is C#Cc1cc(F)ccc1[C@@H]1N=C(c2nccs2)NC(C)=C1C(=O)SCC. The van der Waals surface area contributed by atoms with E-state index in [0.29, 0.717) is 39.0 Å². The largest absolute Gasteiger partial charge is 0.341 e. The number of hydrogen-bond acceptors (Lipinski definition) is 6. The monoisotopic (exact) mass is 385 g/mol. The lowest BCUT2D eigenvalue weighted by atomic mass is 9.93. The van der Waals surface area contributed by atoms with Gasteiger partial charge in [0.1, 0.15) is 11.9 Å². The number of carbonyl (C=O) groups excluding carboxylic acids is 1. The van der Waals surface area contributed by atoms with Gasteiger partial charge in [0.2, 0.25) is 5.12 Å². The van der Waals surface area contributed by atoms with Crippen molar-refractivity contribution >= 4 is 34.0 Å². The molecule has 3 rings (SSSR count). The van der Waals surface area contributed by atoms with Gasteiger partial charge in [0.05, 0.1) is 5.57 Å². The zero-order valence-corrected chi connectivity index (χ0v) is 15.9. The van der Waals surface area contributed by atoms with Crippen LogP contribution in [0.5, 0.6) is 0 Å². The number of benzene rings is 1. The maximum absolute atomic E-state index is 13.6. The highest BCUT2D eigenvalue weighted by molar-refractivity contribution is 8.14. The lowest BCUT2D eigenvalue weighted by molar-refractivity contribution is -0.108. The number of amidine groups is 1. The molecule has 1 aliphatic rings. The summed E-state index contributed by atoms with van der Waals surface area (Å²) in [6, 6.07) is 3.62. The van der Waals surface area contributed by atoms with Gasteiger partial charge in [-0.2, -0.15) is 0 Å². The molecule has 26 heavy (non-hydrogen) atoms. The fourth-order valence-corrected chi connectivity index (χ4v) is 3.99. The van der Waals surface area contributed by atoms with Crippen LogP contribution in [0, 0.1) is 18.2 Å². The number of rotatable bonds is 4. The smallest absolute Gasteiger partial charge is 0.219 e. The van der Waals surface area contributed by atoms with Gasteiger partial charge in [-0.05, 0) is 30.4 Å². The van der Waals surface area contributed by atoms with E-state index >= 15 is 0 Å². The molecule has 0 fully saturated rings. The first kappa shape index (κ1) is 18.4. The third-order valence-electron chi connectivity index (χ3n) is 3.84. The molecule has 2 heterocycles. The summed E-state index contributed by atoms with van der Waals surface area (Å²) >= 11 is 2.65. The molecule has 0 aliphatic carbocycles. The van der Waals surface area contributed by atoms with Crippen molar-refractivity contribution in [3.05, 3.63) is 63.0 Å². The van der Waals surface area contributed by atoms with Crippen LogP contribution in [-0.4, -0.2) is 21.7 Å². The average Bonchev–Trinajstić information content (AvgIpc) is 3.15. The summed E-state index contributed by atoms with van der Waals surface area (Å²) in [6.45, 7) is 3.75. The molecule has 4 nitrogen and oxygen atoms in total. The summed E-state index contributed by atoms with van der Waals surface area (Å²) in [7, 11) is 0. The van der Waals surface area contributed by atoms with Gasteiger partial charge >= 0.3 is 0 Å². The summed E-state index contributed by atoms with van der Waals surface area (Å²) in [5, 5.41) is 5.67. The van der Waals surface area contributed by atoms with Gasteiger partial charge in [-0.25, -0.2) is 9.37 Å². The highest BCUT2D eigenvalue weighted by atomic mass is 32.2. The Hall–Kier alpha value is -2.43. The van der Waals surface area contributed by atoms with E-state index in [0.717, 1.165) is 0 Å². The van der Waals surface area contributed by atoms with Crippen molar-refractivity contribution in [2.45, 2.75) is 19.9 Å². The van der Waals surface area contributed by atoms with Crippen LogP contribution >= 0.6 is 23.1 Å². The van der Waals surface area contributed by atoms with Gasteiger partial charge in [-0.3, -0.25) is 9.79 Å². The number of hydrogen-bond donors (Lipinski definition) is 1. The standard InChI is InChI=1S/C19H16FN3OS2/c1-4-12-10-13(20)6-7-14(12)16-15(19(24)25-5-2)11(3)22-17(23-16)18-21-8-9-26-18/h1,6-10,16H,5H2,2-3H3,(H,22,23)/t16-/m0/s1. The van der Waals surface area contributed by atoms with Crippen LogP contribution in [0.2, 0.25) is 0 Å². The highest BCUT2D eigenvalue weighted by Gasteiger charge is 2.31. The number of aliphatic imine (C=N–C) groups is 1. The van der Waals surface area contributed by atoms with Crippen LogP contribution in [0.3, 0.4) is 0 Å². The predicted octanol–water partition coefficient (Wildman–Crippen LogP) is 3.91. The normalized spacial score (nSPS) is 16.7. The molecule has 0 amide bonds. The molecule has 0 spiro atoms. The summed E-state index contributed by atoms with van der Waals surface area (Å²) < 4.78 is 13.6. The number of thiazole rings is 1. The molecule has 0 saturated carbocycles. The van der Waals surface area contributed by atoms with Crippen molar-refractivity contribution < 1.29 is 9.18 Å². The second-order valence-electron chi connectivity index (χ2n) is 5.48. The molecular formula is C19H16FN3OS2. The lowest BCUT2D eigenvalue weighted by Gasteiger charge is -2.26. The zero-order chi connectivity index (χ0) is 18.7. The van der Waals surface area contributed by atoms with Gasteiger partial charge in [0.15, 0.2) is 10.8 Å². The number of allylic oxidation sites excluding steroid dienone is 1. The van der Waals surface area contributed by atoms with Crippen LogP contribution in [0.1, 0.15) is 36.0 Å². The highest BCUT2D eigenvalue weighted by Crippen LogP contribution is 2.36. The first-order chi connectivity index (χ1) is 12.5. The van der Waals surface area contributed by atoms with Gasteiger partial charge in [-0.15, -0.1) is 17.8 Å². The van der Waals surface area contributed by atoms with Crippen molar-refractivity contribution in [3.63, 3.8) is 0 Å². The first-order valence-corrected chi connectivity index (χ1v) is 9.80. The van der Waals surface area contributed by atoms with E-state index in [4.69, 9.17) is 11.4 Å². The zero-order valence-electron chi connectivity index (χ0n) is 14.2. The molecule has 0 radical (unpaired) electrons. The predicted molar refractivity (Wildman–Crippen MR) is 105 cm³/mol. The Morgan fingerprint density at radius 3 is 2.96 bits per heavy atom. The molecule has 132 valence electrons. The fraction of sp³-hybridized carbons (Fsp3) is 0.211. The summed E-state index contributed by atoms with van der Waals surface area (Å²) in [5.74, 6) is 3.31. The van der Waals surface area contributed by atoms with Crippen molar-refractivity contribution in [2.24, 2.45) is 4.99 Å². The van der Waals surface area contributed by atoms with E-state index < -0.39 is 11.9 Å². The van der Waals surface area contributed by atoms with E-state index in [-0.39, 0.29) is 5.12 Å². The topological polar surface area (TPSA) is 54.4 Å². The van der Waals surface area contributed by atoms with Crippen LogP contribution < -0.4 is 5.32 Å². The van der Waals surface area contributed by atoms with Crippen molar-refractivity contribution in [1.29, 1.82) is 0 Å². The third-order valence-corrected chi connectivity index (χ3v) is 5.39. The Bertz CT molecular complexity index is 942. The number of carbonyl (C=O) groups is 1. The second-order valence-corrected chi connectivity index (χ2v) is 7.61. The molecule has 1 atom stereocenters. The summed E-state index contributed by atoms with van der Waals surface area (Å²) in [6.07, 6.45) is 7.26. The molecular weight excluding hydrogens is 369 g/mol. The Morgan fingerprint density at radius 1 is 1.50 bits per heavy atom. The Balaban J connectivity index is 2.16. The summed E-state index contributed by atoms with van der Waals surface area (Å²) in [4.78, 5) is 21.7. The lowest BCUT2D eigenvalue weighted by Crippen LogP contribution is -2.32. The van der Waals surface area contributed by atoms with Crippen molar-refractivity contribution in [3.8, 4) is 12.3 Å². The minimum absolute atomic E-state index is 0.0725. The molecule has 2 aromatic rings. The maximum atomic E-state index is 13.6. The minimum Gasteiger partial charge on any atom is -0.341 e. The maximum Gasteiger partial charge on any atom is 0.219 e. The molecule has 1 aromatic heterocycles. The van der Waals surface area contributed by atoms with E-state index in [1.807, 2.05) is 19.2 Å². The molecule has 1 aromatic carbocycles. The van der Waals surface area contributed by atoms with Gasteiger partial charge in [-0.1, -0.05) is 30.7 Å². The number of terminal acetylenes is 1. The van der Waals surface area contributed by atoms with Crippen molar-refractivity contribution in [2.75, 3.05) is 5.75 Å². The van der Waals surface area contributed by atoms with Crippen LogP contribution in [0.15, 0.2) is 46.0 Å². The van der Waals surface area contributed by atoms with Crippen molar-refractivity contribution in [1.82, 2.24) is 10.3 Å². The second kappa shape index (κ2) is 7.85. The van der Waals surface area contributed by atoms with Gasteiger partial charge < -0.3 is 5.32 Å². The average molecular weight is 385 g/mol. The van der Waals surface area contributed by atoms with Crippen LogP contribution in [0.25, 0.3) is 0 Å². The summed E-state index contributed by atoms with van der Waals surface area (Å²) in [5.41, 5.74) is 2.25. The van der Waals surface area contributed by atoms with Gasteiger partial charge in [0.25, 0.3) is 0 Å². The number of nitrogens with one attached hydrogen (secondary N) is 1. The Labute approximate surface area is 159 Å². The number of aromatic nitrogens is 1. The molecule has 1 N–H and O–H groups in total. The number of nitrogens with zero attached hydrogens (tertiary/aromatic N) is 2. The van der Waals surface area contributed by atoms with Crippen LogP contribution in [-0.2, 0) is 4.79 Å². The fourth-order valence-electron chi connectivity index (χ4n) is 2.72. The Kier molecular flexibility index (Phi) is 5.55. The Morgan fingerprint density at radius 2 is 2.31 bits per heavy atom. The van der Waals surface area contributed by atoms with E-state index in [1.165, 1.54) is 35.2 Å². The quantitative estimate of drug-likeness (QED) is 0.811. The molecule has 0 saturated heterocycles. The van der Waals surface area contributed by atoms with Crippen LogP contribution in [0.4, 0.5) is 4.39 Å². The molecule has 0 unspecified atom stereocenters. The molecule has 1 aliphatic heterocycles. The van der Waals surface area contributed by atoms with Gasteiger partial charge in [0, 0.05) is 22.8 Å². The minimum atomic E-state index is -0.603.